The van der Waals surface area contributed by atoms with Crippen LogP contribution in [0, 0.1) is 6.92 Å². The highest BCUT2D eigenvalue weighted by Gasteiger charge is 2.34. The highest BCUT2D eigenvalue weighted by atomic mass is 32.1. The summed E-state index contributed by atoms with van der Waals surface area (Å²) in [6.45, 7) is 5.88. The van der Waals surface area contributed by atoms with E-state index in [1.54, 1.807) is 24.3 Å². The zero-order chi connectivity index (χ0) is 21.3. The van der Waals surface area contributed by atoms with E-state index in [9.17, 15) is 9.59 Å². The highest BCUT2D eigenvalue weighted by Crippen LogP contribution is 2.29. The minimum absolute atomic E-state index is 0.140. The number of aryl methyl sites for hydroxylation is 1. The zero-order valence-electron chi connectivity index (χ0n) is 16.0. The van der Waals surface area contributed by atoms with Gasteiger partial charge in [0.1, 0.15) is 0 Å². The average Bonchev–Trinajstić information content (AvgIpc) is 3.32. The summed E-state index contributed by atoms with van der Waals surface area (Å²) in [5.41, 5.74) is 15.3. The lowest BCUT2D eigenvalue weighted by Gasteiger charge is -2.10. The van der Waals surface area contributed by atoms with Crippen LogP contribution in [0.5, 0.6) is 0 Å². The summed E-state index contributed by atoms with van der Waals surface area (Å²) in [6.07, 6.45) is 0. The number of carbonyl (C=O) groups is 2. The third-order valence-electron chi connectivity index (χ3n) is 4.44. The van der Waals surface area contributed by atoms with Crippen molar-refractivity contribution in [2.45, 2.75) is 6.92 Å². The second-order valence-corrected chi connectivity index (χ2v) is 7.46. The van der Waals surface area contributed by atoms with Crippen LogP contribution in [-0.4, -0.2) is 22.5 Å². The summed E-state index contributed by atoms with van der Waals surface area (Å²) in [5, 5.41) is 7.86. The number of nitrogens with zero attached hydrogens (tertiary/aromatic N) is 3. The van der Waals surface area contributed by atoms with Gasteiger partial charge in [0.15, 0.2) is 5.71 Å². The van der Waals surface area contributed by atoms with Crippen molar-refractivity contribution >= 4 is 39.7 Å². The molecule has 9 heteroatoms. The first-order chi connectivity index (χ1) is 14.4. The van der Waals surface area contributed by atoms with Crippen LogP contribution in [0.15, 0.2) is 71.3 Å². The molecule has 150 valence electrons. The third kappa shape index (κ3) is 3.78. The van der Waals surface area contributed by atoms with Crippen molar-refractivity contribution in [3.8, 4) is 11.3 Å². The zero-order valence-corrected chi connectivity index (χ0v) is 16.9. The maximum Gasteiger partial charge on any atom is 0.301 e. The summed E-state index contributed by atoms with van der Waals surface area (Å²) in [4.78, 5) is 28.5. The Morgan fingerprint density at radius 1 is 1.20 bits per heavy atom. The van der Waals surface area contributed by atoms with E-state index in [2.05, 4.69) is 27.5 Å². The van der Waals surface area contributed by atoms with E-state index in [0.29, 0.717) is 22.1 Å². The first-order valence-electron chi connectivity index (χ1n) is 8.99. The highest BCUT2D eigenvalue weighted by molar-refractivity contribution is 7.14. The number of primary amides is 1. The molecule has 8 nitrogen and oxygen atoms in total. The van der Waals surface area contributed by atoms with Crippen molar-refractivity contribution < 1.29 is 9.59 Å². The molecule has 4 N–H and O–H groups in total. The molecule has 30 heavy (non-hydrogen) atoms. The molecule has 0 unspecified atom stereocenters. The number of nitrogens with one attached hydrogen (secondary N) is 2. The van der Waals surface area contributed by atoms with Crippen LogP contribution in [0.3, 0.4) is 0 Å². The average molecular weight is 418 g/mol. The number of benzene rings is 2. The van der Waals surface area contributed by atoms with Gasteiger partial charge in [-0.2, -0.15) is 10.1 Å². The van der Waals surface area contributed by atoms with E-state index in [-0.39, 0.29) is 11.6 Å². The first-order valence-corrected chi connectivity index (χ1v) is 9.87. The molecule has 0 spiro atoms. The van der Waals surface area contributed by atoms with Gasteiger partial charge in [-0.05, 0) is 31.2 Å². The van der Waals surface area contributed by atoms with Crippen LogP contribution < -0.4 is 21.6 Å². The fourth-order valence-corrected chi connectivity index (χ4v) is 3.57. The first kappa shape index (κ1) is 19.3. The van der Waals surface area contributed by atoms with Crippen LogP contribution in [0.1, 0.15) is 15.9 Å². The Bertz CT molecular complexity index is 1160. The van der Waals surface area contributed by atoms with Crippen molar-refractivity contribution in [2.75, 3.05) is 10.4 Å². The molecule has 0 atom stereocenters. The van der Waals surface area contributed by atoms with Gasteiger partial charge in [-0.1, -0.05) is 36.4 Å². The number of carbonyl (C=O) groups excluding carboxylic acids is 2. The Labute approximate surface area is 176 Å². The number of rotatable bonds is 5. The SMILES string of the molecule is C=C1NN(c2nc(-c3ccc(C)cc3)cs2)C(=O)C1=NNc1ccc(C(N)=O)cc1. The Morgan fingerprint density at radius 3 is 2.57 bits per heavy atom. The Hall–Kier alpha value is -3.98. The van der Waals surface area contributed by atoms with Gasteiger partial charge in [0.05, 0.1) is 17.1 Å². The smallest absolute Gasteiger partial charge is 0.301 e. The van der Waals surface area contributed by atoms with E-state index in [0.717, 1.165) is 11.3 Å². The Morgan fingerprint density at radius 2 is 1.90 bits per heavy atom. The van der Waals surface area contributed by atoms with Gasteiger partial charge >= 0.3 is 5.91 Å². The minimum atomic E-state index is -0.513. The molecule has 1 aromatic heterocycles. The molecule has 1 aliphatic rings. The molecule has 0 bridgehead atoms. The predicted octanol–water partition coefficient (Wildman–Crippen LogP) is 3.05. The van der Waals surface area contributed by atoms with Gasteiger partial charge in [0.2, 0.25) is 11.0 Å². The van der Waals surface area contributed by atoms with Gasteiger partial charge in [-0.3, -0.25) is 20.4 Å². The number of hydrazone groups is 1. The lowest BCUT2D eigenvalue weighted by Crippen LogP contribution is -2.34. The van der Waals surface area contributed by atoms with E-state index in [1.807, 2.05) is 36.6 Å². The van der Waals surface area contributed by atoms with Crippen LogP contribution in [0.2, 0.25) is 0 Å². The molecular formula is C21H18N6O2S. The molecule has 4 rings (SSSR count). The number of nitrogens with two attached hydrogens (primary N) is 1. The van der Waals surface area contributed by atoms with Crippen molar-refractivity contribution in [2.24, 2.45) is 10.8 Å². The number of thiazole rings is 1. The fraction of sp³-hybridized carbons (Fsp3) is 0.0476. The van der Waals surface area contributed by atoms with Crippen molar-refractivity contribution in [3.05, 3.63) is 77.3 Å². The maximum atomic E-state index is 12.8. The number of hydrazine groups is 1. The number of anilines is 2. The molecular weight excluding hydrogens is 400 g/mol. The maximum absolute atomic E-state index is 12.8. The van der Waals surface area contributed by atoms with Crippen LogP contribution in [0.25, 0.3) is 11.3 Å². The Kier molecular flexibility index (Phi) is 5.03. The van der Waals surface area contributed by atoms with Gasteiger partial charge in [0, 0.05) is 16.5 Å². The lowest BCUT2D eigenvalue weighted by atomic mass is 10.1. The summed E-state index contributed by atoms with van der Waals surface area (Å²) < 4.78 is 0. The quantitative estimate of drug-likeness (QED) is 0.551. The second kappa shape index (κ2) is 7.80. The van der Waals surface area contributed by atoms with Gasteiger partial charge in [0.25, 0.3) is 0 Å². The summed E-state index contributed by atoms with van der Waals surface area (Å²) >= 11 is 1.34. The topological polar surface area (TPSA) is 113 Å². The summed E-state index contributed by atoms with van der Waals surface area (Å²) in [6, 6.07) is 14.5. The molecule has 0 aliphatic carbocycles. The largest absolute Gasteiger partial charge is 0.366 e. The molecule has 1 saturated heterocycles. The normalized spacial score (nSPS) is 14.8. The molecule has 0 radical (unpaired) electrons. The van der Waals surface area contributed by atoms with Crippen molar-refractivity contribution in [1.29, 1.82) is 0 Å². The molecule has 2 amide bonds. The lowest BCUT2D eigenvalue weighted by molar-refractivity contribution is -0.112. The monoisotopic (exact) mass is 418 g/mol. The van der Waals surface area contributed by atoms with Crippen LogP contribution in [0.4, 0.5) is 10.8 Å². The number of aromatic nitrogens is 1. The molecule has 1 fully saturated rings. The minimum Gasteiger partial charge on any atom is -0.366 e. The summed E-state index contributed by atoms with van der Waals surface area (Å²) in [5.74, 6) is -0.883. The molecule has 2 heterocycles. The van der Waals surface area contributed by atoms with Gasteiger partial charge in [-0.15, -0.1) is 11.3 Å². The van der Waals surface area contributed by atoms with E-state index >= 15 is 0 Å². The molecule has 1 aliphatic heterocycles. The van der Waals surface area contributed by atoms with E-state index in [1.165, 1.54) is 21.9 Å². The number of hydrogen-bond acceptors (Lipinski definition) is 7. The van der Waals surface area contributed by atoms with Crippen LogP contribution in [-0.2, 0) is 4.79 Å². The predicted molar refractivity (Wildman–Crippen MR) is 118 cm³/mol. The summed E-state index contributed by atoms with van der Waals surface area (Å²) in [7, 11) is 0. The number of amides is 2. The molecule has 3 aromatic rings. The molecule has 2 aromatic carbocycles. The van der Waals surface area contributed by atoms with E-state index < -0.39 is 5.91 Å². The second-order valence-electron chi connectivity index (χ2n) is 6.63. The van der Waals surface area contributed by atoms with Crippen molar-refractivity contribution in [3.63, 3.8) is 0 Å². The standard InChI is InChI=1S/C21H18N6O2S/c1-12-3-5-14(6-4-12)17-11-30-21(23-17)27-20(29)18(13(2)26-27)25-24-16-9-7-15(8-10-16)19(22)28/h3-11,24,26H,2H2,1H3,(H2,22,28). The number of hydrogen-bond donors (Lipinski definition) is 3. The third-order valence-corrected chi connectivity index (χ3v) is 5.26. The molecule has 0 saturated carbocycles. The van der Waals surface area contributed by atoms with Crippen LogP contribution >= 0.6 is 11.3 Å². The van der Waals surface area contributed by atoms with Crippen molar-refractivity contribution in [1.82, 2.24) is 10.4 Å². The van der Waals surface area contributed by atoms with E-state index in [4.69, 9.17) is 5.73 Å². The van der Waals surface area contributed by atoms with Gasteiger partial charge < -0.3 is 5.73 Å². The van der Waals surface area contributed by atoms with Gasteiger partial charge in [-0.25, -0.2) is 4.98 Å². The fourth-order valence-electron chi connectivity index (χ4n) is 2.78. The Balaban J connectivity index is 1.50.